The highest BCUT2D eigenvalue weighted by atomic mass is 16.5. The zero-order chi connectivity index (χ0) is 14.5. The second-order valence-corrected chi connectivity index (χ2v) is 6.36. The van der Waals surface area contributed by atoms with Crippen LogP contribution in [0.1, 0.15) is 37.7 Å². The van der Waals surface area contributed by atoms with Crippen molar-refractivity contribution in [2.45, 2.75) is 44.6 Å². The molecule has 0 aromatic heterocycles. The Morgan fingerprint density at radius 2 is 2.10 bits per heavy atom. The molecule has 0 saturated carbocycles. The molecule has 0 aliphatic carbocycles. The predicted molar refractivity (Wildman–Crippen MR) is 83.0 cm³/mol. The van der Waals surface area contributed by atoms with E-state index in [2.05, 4.69) is 35.2 Å². The van der Waals surface area contributed by atoms with E-state index in [1.54, 1.807) is 0 Å². The number of amides is 1. The van der Waals surface area contributed by atoms with Gasteiger partial charge in [0.1, 0.15) is 0 Å². The first kappa shape index (κ1) is 14.6. The number of benzene rings is 1. The van der Waals surface area contributed by atoms with Crippen LogP contribution >= 0.6 is 0 Å². The van der Waals surface area contributed by atoms with Crippen LogP contribution in [-0.4, -0.2) is 36.6 Å². The van der Waals surface area contributed by atoms with Gasteiger partial charge in [0.05, 0.1) is 6.10 Å². The molecule has 2 aliphatic heterocycles. The second kappa shape index (κ2) is 7.08. The van der Waals surface area contributed by atoms with Crippen molar-refractivity contribution in [1.29, 1.82) is 0 Å². The van der Waals surface area contributed by atoms with Crippen LogP contribution in [0.5, 0.6) is 0 Å². The first-order chi connectivity index (χ1) is 10.3. The molecule has 2 fully saturated rings. The van der Waals surface area contributed by atoms with Crippen molar-refractivity contribution in [2.75, 3.05) is 19.7 Å². The Hall–Kier alpha value is -1.35. The summed E-state index contributed by atoms with van der Waals surface area (Å²) in [5, 5.41) is 0. The molecular weight excluding hydrogens is 262 g/mol. The van der Waals surface area contributed by atoms with Gasteiger partial charge in [-0.1, -0.05) is 30.3 Å². The minimum absolute atomic E-state index is 0.320. The summed E-state index contributed by atoms with van der Waals surface area (Å²) in [6.45, 7) is 2.74. The lowest BCUT2D eigenvalue weighted by Gasteiger charge is -2.18. The Kier molecular flexibility index (Phi) is 4.91. The molecule has 3 rings (SSSR count). The summed E-state index contributed by atoms with van der Waals surface area (Å²) in [5.41, 5.74) is 1.39. The van der Waals surface area contributed by atoms with E-state index < -0.39 is 0 Å². The highest BCUT2D eigenvalue weighted by molar-refractivity contribution is 5.76. The fourth-order valence-corrected chi connectivity index (χ4v) is 3.49. The van der Waals surface area contributed by atoms with E-state index in [0.29, 0.717) is 24.3 Å². The minimum Gasteiger partial charge on any atom is -0.378 e. The lowest BCUT2D eigenvalue weighted by atomic mass is 9.99. The first-order valence-corrected chi connectivity index (χ1v) is 8.24. The van der Waals surface area contributed by atoms with Crippen LogP contribution in [0.2, 0.25) is 0 Å². The highest BCUT2D eigenvalue weighted by Gasteiger charge is 2.27. The number of rotatable bonds is 5. The monoisotopic (exact) mass is 287 g/mol. The van der Waals surface area contributed by atoms with Crippen molar-refractivity contribution in [3.8, 4) is 0 Å². The fourth-order valence-electron chi connectivity index (χ4n) is 3.49. The topological polar surface area (TPSA) is 29.5 Å². The number of likely N-dealkylation sites (tertiary alicyclic amines) is 1. The molecule has 3 heteroatoms. The summed E-state index contributed by atoms with van der Waals surface area (Å²) in [7, 11) is 0. The van der Waals surface area contributed by atoms with Crippen LogP contribution in [0.15, 0.2) is 30.3 Å². The highest BCUT2D eigenvalue weighted by Crippen LogP contribution is 2.23. The maximum atomic E-state index is 12.3. The average molecular weight is 287 g/mol. The molecule has 0 radical (unpaired) electrons. The van der Waals surface area contributed by atoms with E-state index in [1.807, 2.05) is 0 Å². The van der Waals surface area contributed by atoms with Crippen molar-refractivity contribution in [1.82, 2.24) is 4.90 Å². The van der Waals surface area contributed by atoms with Gasteiger partial charge in [0.15, 0.2) is 0 Å². The molecule has 21 heavy (non-hydrogen) atoms. The Bertz CT molecular complexity index is 454. The molecule has 3 nitrogen and oxygen atoms in total. The van der Waals surface area contributed by atoms with Gasteiger partial charge >= 0.3 is 0 Å². The summed E-state index contributed by atoms with van der Waals surface area (Å²) >= 11 is 0. The largest absolute Gasteiger partial charge is 0.378 e. The van der Waals surface area contributed by atoms with Crippen LogP contribution < -0.4 is 0 Å². The Morgan fingerprint density at radius 3 is 2.86 bits per heavy atom. The van der Waals surface area contributed by atoms with E-state index in [1.165, 1.54) is 5.56 Å². The summed E-state index contributed by atoms with van der Waals surface area (Å²) < 4.78 is 5.60. The lowest BCUT2D eigenvalue weighted by molar-refractivity contribution is -0.130. The van der Waals surface area contributed by atoms with Gasteiger partial charge in [-0.25, -0.2) is 0 Å². The molecule has 1 amide bonds. The number of ether oxygens (including phenoxy) is 1. The van der Waals surface area contributed by atoms with E-state index >= 15 is 0 Å². The molecule has 114 valence electrons. The van der Waals surface area contributed by atoms with Crippen LogP contribution in [0.25, 0.3) is 0 Å². The summed E-state index contributed by atoms with van der Waals surface area (Å²) in [6, 6.07) is 10.6. The van der Waals surface area contributed by atoms with E-state index in [-0.39, 0.29) is 0 Å². The number of carbonyl (C=O) groups excluding carboxylic acids is 1. The minimum atomic E-state index is 0.320. The number of carbonyl (C=O) groups is 1. The van der Waals surface area contributed by atoms with Gasteiger partial charge in [-0.15, -0.1) is 0 Å². The van der Waals surface area contributed by atoms with Gasteiger partial charge < -0.3 is 9.64 Å². The van der Waals surface area contributed by atoms with Crippen molar-refractivity contribution in [3.05, 3.63) is 35.9 Å². The molecule has 1 aromatic carbocycles. The van der Waals surface area contributed by atoms with E-state index in [9.17, 15) is 4.79 Å². The summed E-state index contributed by atoms with van der Waals surface area (Å²) in [6.07, 6.45) is 6.40. The standard InChI is InChI=1S/C18H25NO2/c20-18(9-8-17-7-4-12-21-17)19-11-10-16(14-19)13-15-5-2-1-3-6-15/h1-3,5-6,16-17H,4,7-14H2/t16-,17+/m0/s1. The Morgan fingerprint density at radius 1 is 1.24 bits per heavy atom. The Labute approximate surface area is 127 Å². The number of hydrogen-bond donors (Lipinski definition) is 0. The molecule has 2 atom stereocenters. The van der Waals surface area contributed by atoms with Crippen LogP contribution in [-0.2, 0) is 16.0 Å². The first-order valence-electron chi connectivity index (χ1n) is 8.24. The van der Waals surface area contributed by atoms with Gasteiger partial charge in [-0.3, -0.25) is 4.79 Å². The van der Waals surface area contributed by atoms with E-state index in [0.717, 1.165) is 51.8 Å². The number of hydrogen-bond acceptors (Lipinski definition) is 2. The molecule has 0 unspecified atom stereocenters. The van der Waals surface area contributed by atoms with Crippen molar-refractivity contribution in [2.24, 2.45) is 5.92 Å². The van der Waals surface area contributed by atoms with Gasteiger partial charge in [0.2, 0.25) is 5.91 Å². The molecule has 0 bridgehead atoms. The molecule has 0 spiro atoms. The zero-order valence-electron chi connectivity index (χ0n) is 12.7. The SMILES string of the molecule is O=C(CC[C@H]1CCCO1)N1CC[C@@H](Cc2ccccc2)C1. The molecule has 0 N–H and O–H groups in total. The van der Waals surface area contributed by atoms with Crippen LogP contribution in [0, 0.1) is 5.92 Å². The third-order valence-electron chi connectivity index (χ3n) is 4.71. The molecule has 2 saturated heterocycles. The van der Waals surface area contributed by atoms with Crippen LogP contribution in [0.3, 0.4) is 0 Å². The second-order valence-electron chi connectivity index (χ2n) is 6.36. The smallest absolute Gasteiger partial charge is 0.222 e. The van der Waals surface area contributed by atoms with Crippen molar-refractivity contribution < 1.29 is 9.53 Å². The maximum absolute atomic E-state index is 12.3. The van der Waals surface area contributed by atoms with Gasteiger partial charge in [-0.05, 0) is 43.6 Å². The zero-order valence-corrected chi connectivity index (χ0v) is 12.7. The fraction of sp³-hybridized carbons (Fsp3) is 0.611. The van der Waals surface area contributed by atoms with Crippen molar-refractivity contribution in [3.63, 3.8) is 0 Å². The third kappa shape index (κ3) is 4.07. The van der Waals surface area contributed by atoms with E-state index in [4.69, 9.17) is 4.74 Å². The molecule has 2 heterocycles. The van der Waals surface area contributed by atoms with Crippen molar-refractivity contribution >= 4 is 5.91 Å². The summed E-state index contributed by atoms with van der Waals surface area (Å²) in [5.74, 6) is 0.945. The molecule has 1 aromatic rings. The summed E-state index contributed by atoms with van der Waals surface area (Å²) in [4.78, 5) is 14.3. The van der Waals surface area contributed by atoms with Gasteiger partial charge in [-0.2, -0.15) is 0 Å². The van der Waals surface area contributed by atoms with Gasteiger partial charge in [0.25, 0.3) is 0 Å². The quantitative estimate of drug-likeness (QED) is 0.833. The maximum Gasteiger partial charge on any atom is 0.222 e. The predicted octanol–water partition coefficient (Wildman–Crippen LogP) is 3.04. The normalized spacial score (nSPS) is 25.4. The number of nitrogens with zero attached hydrogens (tertiary/aromatic N) is 1. The molecule has 2 aliphatic rings. The average Bonchev–Trinajstić information content (AvgIpc) is 3.17. The van der Waals surface area contributed by atoms with Gasteiger partial charge in [0, 0.05) is 26.1 Å². The Balaban J connectivity index is 1.42. The third-order valence-corrected chi connectivity index (χ3v) is 4.71. The lowest BCUT2D eigenvalue weighted by Crippen LogP contribution is -2.29. The molecular formula is C18H25NO2. The van der Waals surface area contributed by atoms with Crippen LogP contribution in [0.4, 0.5) is 0 Å².